The lowest BCUT2D eigenvalue weighted by atomic mass is 10.2. The molecule has 6 nitrogen and oxygen atoms in total. The summed E-state index contributed by atoms with van der Waals surface area (Å²) in [5.41, 5.74) is 1.98. The monoisotopic (exact) mass is 389 g/mol. The molecule has 0 spiro atoms. The zero-order valence-corrected chi connectivity index (χ0v) is 15.5. The second kappa shape index (κ2) is 8.16. The van der Waals surface area contributed by atoms with E-state index < -0.39 is 0 Å². The molecule has 0 aliphatic carbocycles. The molecule has 2 N–H and O–H groups in total. The Morgan fingerprint density at radius 2 is 2.15 bits per heavy atom. The van der Waals surface area contributed by atoms with E-state index in [1.165, 1.54) is 17.6 Å². The molecule has 3 aromatic rings. The minimum atomic E-state index is -0.289. The van der Waals surface area contributed by atoms with Gasteiger partial charge in [-0.25, -0.2) is 4.98 Å². The molecule has 0 saturated carbocycles. The third-order valence-electron chi connectivity index (χ3n) is 3.60. The van der Waals surface area contributed by atoms with Crippen LogP contribution in [0.2, 0.25) is 5.02 Å². The molecular weight excluding hydrogens is 374 g/mol. The number of aryl methyl sites for hydroxylation is 1. The van der Waals surface area contributed by atoms with Crippen molar-refractivity contribution < 1.29 is 14.0 Å². The molecule has 0 fully saturated rings. The number of anilines is 1. The Balaban J connectivity index is 1.52. The number of carbonyl (C=O) groups is 2. The smallest absolute Gasteiger partial charge is 0.260 e. The van der Waals surface area contributed by atoms with E-state index in [1.54, 1.807) is 30.5 Å². The number of thiazole rings is 1. The molecule has 3 rings (SSSR count). The highest BCUT2D eigenvalue weighted by atomic mass is 35.5. The highest BCUT2D eigenvalue weighted by Crippen LogP contribution is 2.18. The lowest BCUT2D eigenvalue weighted by Gasteiger charge is -2.04. The van der Waals surface area contributed by atoms with Crippen molar-refractivity contribution in [2.24, 2.45) is 0 Å². The van der Waals surface area contributed by atoms with Crippen LogP contribution in [-0.4, -0.2) is 16.8 Å². The molecule has 0 saturated heterocycles. The standard InChI is InChI=1S/C18H16ClN3O3S/c1-11-15(5-6-25-11)17(24)22-18-21-14(10-26-18)8-16(23)20-9-12-3-2-4-13(19)7-12/h2-7,10H,8-9H2,1H3,(H,20,23)(H,21,22,24). The zero-order valence-electron chi connectivity index (χ0n) is 13.9. The SMILES string of the molecule is Cc1occc1C(=O)Nc1nc(CC(=O)NCc2cccc(Cl)c2)cs1. The molecule has 2 heterocycles. The van der Waals surface area contributed by atoms with Gasteiger partial charge in [-0.1, -0.05) is 23.7 Å². The van der Waals surface area contributed by atoms with E-state index in [1.807, 2.05) is 12.1 Å². The van der Waals surface area contributed by atoms with E-state index in [0.717, 1.165) is 5.56 Å². The number of hydrogen-bond acceptors (Lipinski definition) is 5. The summed E-state index contributed by atoms with van der Waals surface area (Å²) in [7, 11) is 0. The molecular formula is C18H16ClN3O3S. The van der Waals surface area contributed by atoms with Crippen molar-refractivity contribution in [2.45, 2.75) is 19.9 Å². The van der Waals surface area contributed by atoms with Gasteiger partial charge in [0.05, 0.1) is 23.9 Å². The fraction of sp³-hybridized carbons (Fsp3) is 0.167. The van der Waals surface area contributed by atoms with Crippen LogP contribution < -0.4 is 10.6 Å². The molecule has 0 radical (unpaired) electrons. The number of nitrogens with one attached hydrogen (secondary N) is 2. The average molecular weight is 390 g/mol. The first-order valence-electron chi connectivity index (χ1n) is 7.82. The summed E-state index contributed by atoms with van der Waals surface area (Å²) in [5.74, 6) is 0.0982. The van der Waals surface area contributed by atoms with Gasteiger partial charge in [-0.3, -0.25) is 14.9 Å². The van der Waals surface area contributed by atoms with Crippen molar-refractivity contribution >= 4 is 39.9 Å². The summed E-state index contributed by atoms with van der Waals surface area (Å²) in [5, 5.41) is 8.34. The molecule has 0 bridgehead atoms. The molecule has 8 heteroatoms. The van der Waals surface area contributed by atoms with E-state index >= 15 is 0 Å². The van der Waals surface area contributed by atoms with Gasteiger partial charge in [0.15, 0.2) is 5.13 Å². The summed E-state index contributed by atoms with van der Waals surface area (Å²) in [6, 6.07) is 8.91. The van der Waals surface area contributed by atoms with Gasteiger partial charge in [0, 0.05) is 16.9 Å². The predicted octanol–water partition coefficient (Wildman–Crippen LogP) is 3.81. The van der Waals surface area contributed by atoms with Crippen LogP contribution in [0.15, 0.2) is 46.4 Å². The van der Waals surface area contributed by atoms with Gasteiger partial charge < -0.3 is 9.73 Å². The summed E-state index contributed by atoms with van der Waals surface area (Å²) >= 11 is 7.19. The van der Waals surface area contributed by atoms with Crippen molar-refractivity contribution in [3.8, 4) is 0 Å². The van der Waals surface area contributed by atoms with Crippen LogP contribution in [0.1, 0.15) is 27.4 Å². The van der Waals surface area contributed by atoms with Crippen molar-refractivity contribution in [1.82, 2.24) is 10.3 Å². The summed E-state index contributed by atoms with van der Waals surface area (Å²) in [6.07, 6.45) is 1.60. The van der Waals surface area contributed by atoms with Gasteiger partial charge in [-0.15, -0.1) is 11.3 Å². The van der Waals surface area contributed by atoms with E-state index in [9.17, 15) is 9.59 Å². The third-order valence-corrected chi connectivity index (χ3v) is 4.64. The number of amides is 2. The molecule has 2 aromatic heterocycles. The summed E-state index contributed by atoms with van der Waals surface area (Å²) in [4.78, 5) is 28.4. The van der Waals surface area contributed by atoms with Crippen LogP contribution in [0, 0.1) is 6.92 Å². The molecule has 2 amide bonds. The first kappa shape index (κ1) is 18.2. The van der Waals surface area contributed by atoms with Crippen LogP contribution in [0.4, 0.5) is 5.13 Å². The topological polar surface area (TPSA) is 84.2 Å². The zero-order chi connectivity index (χ0) is 18.5. The minimum Gasteiger partial charge on any atom is -0.469 e. The normalized spacial score (nSPS) is 10.5. The van der Waals surface area contributed by atoms with Gasteiger partial charge in [0.25, 0.3) is 5.91 Å². The second-order valence-corrected chi connectivity index (χ2v) is 6.87. The molecule has 0 aliphatic heterocycles. The molecule has 1 aromatic carbocycles. The maximum atomic E-state index is 12.1. The highest BCUT2D eigenvalue weighted by Gasteiger charge is 2.14. The number of carbonyl (C=O) groups excluding carboxylic acids is 2. The number of halogens is 1. The Hall–Kier alpha value is -2.64. The Labute approximate surface area is 159 Å². The molecule has 0 aliphatic rings. The fourth-order valence-electron chi connectivity index (χ4n) is 2.31. The van der Waals surface area contributed by atoms with E-state index in [0.29, 0.717) is 33.7 Å². The first-order valence-corrected chi connectivity index (χ1v) is 9.08. The van der Waals surface area contributed by atoms with E-state index in [-0.39, 0.29) is 18.2 Å². The molecule has 134 valence electrons. The number of nitrogens with zero attached hydrogens (tertiary/aromatic N) is 1. The van der Waals surface area contributed by atoms with Crippen molar-refractivity contribution in [2.75, 3.05) is 5.32 Å². The number of benzene rings is 1. The van der Waals surface area contributed by atoms with E-state index in [2.05, 4.69) is 15.6 Å². The third kappa shape index (κ3) is 4.71. The predicted molar refractivity (Wildman–Crippen MR) is 101 cm³/mol. The first-order chi connectivity index (χ1) is 12.5. The Bertz CT molecular complexity index is 935. The van der Waals surface area contributed by atoms with Crippen LogP contribution in [0.3, 0.4) is 0 Å². The largest absolute Gasteiger partial charge is 0.469 e. The Morgan fingerprint density at radius 1 is 1.31 bits per heavy atom. The Morgan fingerprint density at radius 3 is 2.88 bits per heavy atom. The van der Waals surface area contributed by atoms with Gasteiger partial charge in [-0.05, 0) is 30.7 Å². The van der Waals surface area contributed by atoms with Gasteiger partial charge in [0.1, 0.15) is 5.76 Å². The van der Waals surface area contributed by atoms with Gasteiger partial charge in [0.2, 0.25) is 5.91 Å². The van der Waals surface area contributed by atoms with Crippen molar-refractivity contribution in [3.05, 3.63) is 69.6 Å². The number of furan rings is 1. The summed E-state index contributed by atoms with van der Waals surface area (Å²) in [6.45, 7) is 2.11. The molecule has 0 atom stereocenters. The minimum absolute atomic E-state index is 0.137. The average Bonchev–Trinajstić information content (AvgIpc) is 3.22. The maximum Gasteiger partial charge on any atom is 0.260 e. The van der Waals surface area contributed by atoms with Crippen molar-refractivity contribution in [1.29, 1.82) is 0 Å². The van der Waals surface area contributed by atoms with Crippen LogP contribution in [-0.2, 0) is 17.8 Å². The summed E-state index contributed by atoms with van der Waals surface area (Å²) < 4.78 is 5.11. The van der Waals surface area contributed by atoms with Crippen molar-refractivity contribution in [3.63, 3.8) is 0 Å². The fourth-order valence-corrected chi connectivity index (χ4v) is 3.22. The molecule has 26 heavy (non-hydrogen) atoms. The Kier molecular flexibility index (Phi) is 5.70. The van der Waals surface area contributed by atoms with Crippen LogP contribution in [0.25, 0.3) is 0 Å². The van der Waals surface area contributed by atoms with Gasteiger partial charge >= 0.3 is 0 Å². The number of hydrogen-bond donors (Lipinski definition) is 2. The highest BCUT2D eigenvalue weighted by molar-refractivity contribution is 7.14. The molecule has 0 unspecified atom stereocenters. The van der Waals surface area contributed by atoms with Crippen LogP contribution >= 0.6 is 22.9 Å². The lowest BCUT2D eigenvalue weighted by molar-refractivity contribution is -0.120. The van der Waals surface area contributed by atoms with Crippen LogP contribution in [0.5, 0.6) is 0 Å². The maximum absolute atomic E-state index is 12.1. The van der Waals surface area contributed by atoms with E-state index in [4.69, 9.17) is 16.0 Å². The number of rotatable bonds is 6. The quantitative estimate of drug-likeness (QED) is 0.671. The second-order valence-electron chi connectivity index (χ2n) is 5.57. The van der Waals surface area contributed by atoms with Gasteiger partial charge in [-0.2, -0.15) is 0 Å². The lowest BCUT2D eigenvalue weighted by Crippen LogP contribution is -2.24. The number of aromatic nitrogens is 1.